The molecule has 1 atom stereocenters. The number of carbonyl (C=O) groups is 1. The highest BCUT2D eigenvalue weighted by Crippen LogP contribution is 2.37. The maximum atomic E-state index is 12.5. The SMILES string of the molecule is Cc1ccc(C(=O)C2Cc3ccccc32)cc1C. The first-order valence-electron chi connectivity index (χ1n) is 6.36. The van der Waals surface area contributed by atoms with Gasteiger partial charge in [0.05, 0.1) is 5.92 Å². The summed E-state index contributed by atoms with van der Waals surface area (Å²) >= 11 is 0. The molecule has 1 unspecified atom stereocenters. The van der Waals surface area contributed by atoms with Crippen molar-refractivity contribution in [2.24, 2.45) is 0 Å². The minimum Gasteiger partial charge on any atom is -0.293 e. The van der Waals surface area contributed by atoms with Crippen molar-refractivity contribution in [3.8, 4) is 0 Å². The van der Waals surface area contributed by atoms with E-state index in [1.54, 1.807) is 0 Å². The Kier molecular flexibility index (Phi) is 2.55. The summed E-state index contributed by atoms with van der Waals surface area (Å²) in [5.74, 6) is 0.333. The zero-order chi connectivity index (χ0) is 12.7. The van der Waals surface area contributed by atoms with E-state index in [0.29, 0.717) is 0 Å². The van der Waals surface area contributed by atoms with Crippen LogP contribution in [0.5, 0.6) is 0 Å². The fourth-order valence-corrected chi connectivity index (χ4v) is 2.59. The quantitative estimate of drug-likeness (QED) is 0.724. The van der Waals surface area contributed by atoms with Crippen LogP contribution in [-0.4, -0.2) is 5.78 Å². The van der Waals surface area contributed by atoms with Gasteiger partial charge < -0.3 is 0 Å². The van der Waals surface area contributed by atoms with Gasteiger partial charge in [0.25, 0.3) is 0 Å². The summed E-state index contributed by atoms with van der Waals surface area (Å²) in [4.78, 5) is 12.5. The van der Waals surface area contributed by atoms with Crippen molar-refractivity contribution in [3.05, 3.63) is 70.3 Å². The van der Waals surface area contributed by atoms with Crippen LogP contribution in [0.15, 0.2) is 42.5 Å². The first-order chi connectivity index (χ1) is 8.66. The lowest BCUT2D eigenvalue weighted by Crippen LogP contribution is -2.25. The van der Waals surface area contributed by atoms with Gasteiger partial charge in [-0.05, 0) is 48.6 Å². The molecular weight excluding hydrogens is 220 g/mol. The number of hydrogen-bond donors (Lipinski definition) is 0. The van der Waals surface area contributed by atoms with Crippen molar-refractivity contribution >= 4 is 5.78 Å². The number of benzene rings is 2. The van der Waals surface area contributed by atoms with E-state index in [2.05, 4.69) is 26.0 Å². The van der Waals surface area contributed by atoms with Gasteiger partial charge in [-0.3, -0.25) is 4.79 Å². The molecule has 1 heteroatoms. The zero-order valence-corrected chi connectivity index (χ0v) is 10.7. The van der Waals surface area contributed by atoms with Gasteiger partial charge in [0.15, 0.2) is 5.78 Å². The van der Waals surface area contributed by atoms with Gasteiger partial charge in [0.1, 0.15) is 0 Å². The maximum absolute atomic E-state index is 12.5. The van der Waals surface area contributed by atoms with Gasteiger partial charge in [-0.1, -0.05) is 36.4 Å². The van der Waals surface area contributed by atoms with Crippen molar-refractivity contribution < 1.29 is 4.79 Å². The Labute approximate surface area is 107 Å². The van der Waals surface area contributed by atoms with E-state index in [1.165, 1.54) is 22.3 Å². The van der Waals surface area contributed by atoms with Gasteiger partial charge in [0, 0.05) is 5.56 Å². The lowest BCUT2D eigenvalue weighted by molar-refractivity contribution is 0.0949. The van der Waals surface area contributed by atoms with Gasteiger partial charge >= 0.3 is 0 Å². The summed E-state index contributed by atoms with van der Waals surface area (Å²) in [7, 11) is 0. The summed E-state index contributed by atoms with van der Waals surface area (Å²) in [6.45, 7) is 4.13. The van der Waals surface area contributed by atoms with E-state index < -0.39 is 0 Å². The van der Waals surface area contributed by atoms with Crippen LogP contribution in [-0.2, 0) is 6.42 Å². The number of aryl methyl sites for hydroxylation is 2. The van der Waals surface area contributed by atoms with Gasteiger partial charge in [-0.25, -0.2) is 0 Å². The first kappa shape index (κ1) is 11.2. The van der Waals surface area contributed by atoms with Crippen LogP contribution in [0.25, 0.3) is 0 Å². The standard InChI is InChI=1S/C17H16O/c1-11-7-8-14(9-12(11)2)17(18)16-10-13-5-3-4-6-15(13)16/h3-9,16H,10H2,1-2H3. The molecule has 1 aliphatic carbocycles. The molecule has 0 heterocycles. The van der Waals surface area contributed by atoms with Crippen LogP contribution in [0, 0.1) is 13.8 Å². The fraction of sp³-hybridized carbons (Fsp3) is 0.235. The van der Waals surface area contributed by atoms with Crippen LogP contribution in [0.4, 0.5) is 0 Å². The second-order valence-corrected chi connectivity index (χ2v) is 5.12. The Morgan fingerprint density at radius 3 is 2.56 bits per heavy atom. The second-order valence-electron chi connectivity index (χ2n) is 5.12. The molecular formula is C17H16O. The summed E-state index contributed by atoms with van der Waals surface area (Å²) in [6.07, 6.45) is 0.891. The van der Waals surface area contributed by atoms with Gasteiger partial charge in [-0.15, -0.1) is 0 Å². The first-order valence-corrected chi connectivity index (χ1v) is 6.36. The molecule has 3 rings (SSSR count). The number of carbonyl (C=O) groups excluding carboxylic acids is 1. The lowest BCUT2D eigenvalue weighted by atomic mass is 9.73. The maximum Gasteiger partial charge on any atom is 0.170 e. The van der Waals surface area contributed by atoms with Crippen LogP contribution in [0.3, 0.4) is 0 Å². The summed E-state index contributed by atoms with van der Waals surface area (Å²) < 4.78 is 0. The Hall–Kier alpha value is -1.89. The highest BCUT2D eigenvalue weighted by atomic mass is 16.1. The molecule has 90 valence electrons. The van der Waals surface area contributed by atoms with E-state index >= 15 is 0 Å². The summed E-state index contributed by atoms with van der Waals surface area (Å²) in [6, 6.07) is 14.2. The van der Waals surface area contributed by atoms with Crippen LogP contribution in [0.2, 0.25) is 0 Å². The van der Waals surface area contributed by atoms with E-state index in [-0.39, 0.29) is 11.7 Å². The normalized spacial score (nSPS) is 16.9. The molecule has 0 bridgehead atoms. The topological polar surface area (TPSA) is 17.1 Å². The molecule has 2 aromatic rings. The molecule has 2 aromatic carbocycles. The van der Waals surface area contributed by atoms with Crippen LogP contribution >= 0.6 is 0 Å². The predicted octanol–water partition coefficient (Wildman–Crippen LogP) is 3.83. The van der Waals surface area contributed by atoms with E-state index in [0.717, 1.165) is 12.0 Å². The number of fused-ring (bicyclic) bond motifs is 1. The zero-order valence-electron chi connectivity index (χ0n) is 10.7. The van der Waals surface area contributed by atoms with Crippen molar-refractivity contribution in [1.82, 2.24) is 0 Å². The van der Waals surface area contributed by atoms with E-state index in [9.17, 15) is 4.79 Å². The molecule has 18 heavy (non-hydrogen) atoms. The summed E-state index contributed by atoms with van der Waals surface area (Å²) in [5, 5.41) is 0. The predicted molar refractivity (Wildman–Crippen MR) is 73.1 cm³/mol. The van der Waals surface area contributed by atoms with Gasteiger partial charge in [-0.2, -0.15) is 0 Å². The van der Waals surface area contributed by atoms with E-state index in [1.807, 2.05) is 30.3 Å². The van der Waals surface area contributed by atoms with Crippen molar-refractivity contribution in [3.63, 3.8) is 0 Å². The molecule has 0 N–H and O–H groups in total. The smallest absolute Gasteiger partial charge is 0.170 e. The molecule has 0 spiro atoms. The average molecular weight is 236 g/mol. The molecule has 0 aliphatic heterocycles. The molecule has 1 aliphatic rings. The Morgan fingerprint density at radius 1 is 1.06 bits per heavy atom. The minimum absolute atomic E-state index is 0.0725. The molecule has 0 fully saturated rings. The van der Waals surface area contributed by atoms with Crippen molar-refractivity contribution in [2.45, 2.75) is 26.2 Å². The van der Waals surface area contributed by atoms with Crippen molar-refractivity contribution in [2.75, 3.05) is 0 Å². The largest absolute Gasteiger partial charge is 0.293 e. The second kappa shape index (κ2) is 4.09. The molecule has 0 amide bonds. The summed E-state index contributed by atoms with van der Waals surface area (Å²) in [5.41, 5.74) is 5.80. The third-order valence-corrected chi connectivity index (χ3v) is 3.96. The lowest BCUT2D eigenvalue weighted by Gasteiger charge is -2.29. The molecule has 0 saturated carbocycles. The highest BCUT2D eigenvalue weighted by Gasteiger charge is 2.32. The van der Waals surface area contributed by atoms with Crippen LogP contribution in [0.1, 0.15) is 38.5 Å². The minimum atomic E-state index is 0.0725. The third-order valence-electron chi connectivity index (χ3n) is 3.96. The third kappa shape index (κ3) is 1.67. The Bertz CT molecular complexity index is 625. The molecule has 0 aromatic heterocycles. The Morgan fingerprint density at radius 2 is 1.83 bits per heavy atom. The number of Topliss-reactive ketones (excluding diaryl/α,β-unsaturated/α-hetero) is 1. The molecule has 1 nitrogen and oxygen atoms in total. The van der Waals surface area contributed by atoms with Crippen LogP contribution < -0.4 is 0 Å². The average Bonchev–Trinajstić information content (AvgIpc) is 2.34. The highest BCUT2D eigenvalue weighted by molar-refractivity contribution is 6.02. The van der Waals surface area contributed by atoms with Gasteiger partial charge in [0.2, 0.25) is 0 Å². The van der Waals surface area contributed by atoms with E-state index in [4.69, 9.17) is 0 Å². The Balaban J connectivity index is 1.91. The molecule has 0 radical (unpaired) electrons. The van der Waals surface area contributed by atoms with Crippen molar-refractivity contribution in [1.29, 1.82) is 0 Å². The number of hydrogen-bond acceptors (Lipinski definition) is 1. The monoisotopic (exact) mass is 236 g/mol. The number of rotatable bonds is 2. The number of ketones is 1. The fourth-order valence-electron chi connectivity index (χ4n) is 2.59. The molecule has 0 saturated heterocycles.